The van der Waals surface area contributed by atoms with Crippen LogP contribution >= 0.6 is 7.82 Å². The highest BCUT2D eigenvalue weighted by molar-refractivity contribution is 7.47. The molecule has 264 valence electrons. The fourth-order valence-electron chi connectivity index (χ4n) is 4.72. The van der Waals surface area contributed by atoms with Crippen LogP contribution in [-0.4, -0.2) is 73.4 Å². The van der Waals surface area contributed by atoms with Crippen LogP contribution in [-0.2, 0) is 18.4 Å². The summed E-state index contributed by atoms with van der Waals surface area (Å²) in [5.74, 6) is -0.196. The highest BCUT2D eigenvalue weighted by Gasteiger charge is 2.27. The average molecular weight is 658 g/mol. The van der Waals surface area contributed by atoms with Crippen molar-refractivity contribution in [2.24, 2.45) is 0 Å². The molecule has 0 aromatic carbocycles. The summed E-state index contributed by atoms with van der Waals surface area (Å²) in [6.07, 6.45) is 32.2. The van der Waals surface area contributed by atoms with Crippen molar-refractivity contribution in [2.75, 3.05) is 40.9 Å². The molecule has 0 heterocycles. The van der Waals surface area contributed by atoms with Gasteiger partial charge in [-0.2, -0.15) is 0 Å². The number of carbonyl (C=O) groups is 1. The Bertz CT molecular complexity index is 840. The minimum atomic E-state index is -4.33. The molecule has 0 aromatic heterocycles. The Kier molecular flexibility index (Phi) is 28.1. The summed E-state index contributed by atoms with van der Waals surface area (Å²) in [6, 6.07) is -0.862. The number of nitrogens with zero attached hydrogens (tertiary/aromatic N) is 1. The van der Waals surface area contributed by atoms with Gasteiger partial charge in [0.15, 0.2) is 0 Å². The number of phosphoric ester groups is 1. The van der Waals surface area contributed by atoms with Gasteiger partial charge in [0.05, 0.1) is 39.9 Å². The van der Waals surface area contributed by atoms with E-state index in [1.165, 1.54) is 64.2 Å². The van der Waals surface area contributed by atoms with Crippen molar-refractivity contribution in [3.63, 3.8) is 0 Å². The number of hydrogen-bond donors (Lipinski definition) is 3. The Balaban J connectivity index is 4.60. The number of unbranched alkanes of at least 4 members (excludes halogenated alkanes) is 14. The standard InChI is InChI=1S/C36H69N2O6P/c1-6-8-10-12-14-16-18-19-20-22-24-26-28-30-36(40)37-34(33-44-45(41,42)43-32-31-38(3,4)5)35(39)29-27-25-23-21-17-15-13-11-9-7-2/h9,11,17,21,27,29,34-35,39H,6-8,10,12-16,18-20,22-26,28,30-33H2,1-5H3,(H-,37,40,41,42)/p+1/b11-9+,21-17+,29-27+. The monoisotopic (exact) mass is 657 g/mol. The molecule has 3 N–H and O–H groups in total. The molecule has 3 unspecified atom stereocenters. The van der Waals surface area contributed by atoms with Crippen molar-refractivity contribution in [3.05, 3.63) is 36.5 Å². The second kappa shape index (κ2) is 28.9. The number of quaternary nitrogens is 1. The normalized spacial score (nSPS) is 15.3. The third-order valence-electron chi connectivity index (χ3n) is 7.60. The lowest BCUT2D eigenvalue weighted by Crippen LogP contribution is -2.45. The predicted octanol–water partition coefficient (Wildman–Crippen LogP) is 8.79. The minimum Gasteiger partial charge on any atom is -0.387 e. The molecule has 0 saturated heterocycles. The summed E-state index contributed by atoms with van der Waals surface area (Å²) in [5, 5.41) is 13.6. The lowest BCUT2D eigenvalue weighted by Gasteiger charge is -2.25. The topological polar surface area (TPSA) is 105 Å². The molecule has 0 radical (unpaired) electrons. The van der Waals surface area contributed by atoms with Crippen molar-refractivity contribution in [3.8, 4) is 0 Å². The smallest absolute Gasteiger partial charge is 0.387 e. The van der Waals surface area contributed by atoms with Crippen LogP contribution in [0.2, 0.25) is 0 Å². The third kappa shape index (κ3) is 31.1. The molecule has 0 bridgehead atoms. The molecular weight excluding hydrogens is 587 g/mol. The first kappa shape index (κ1) is 43.7. The zero-order valence-electron chi connectivity index (χ0n) is 29.6. The quantitative estimate of drug-likeness (QED) is 0.0298. The number of hydrogen-bond acceptors (Lipinski definition) is 5. The van der Waals surface area contributed by atoms with E-state index in [2.05, 4.69) is 43.5 Å². The lowest BCUT2D eigenvalue weighted by molar-refractivity contribution is -0.870. The van der Waals surface area contributed by atoms with Gasteiger partial charge in [-0.05, 0) is 38.5 Å². The van der Waals surface area contributed by atoms with Crippen molar-refractivity contribution in [1.82, 2.24) is 5.32 Å². The molecule has 0 spiro atoms. The van der Waals surface area contributed by atoms with Gasteiger partial charge >= 0.3 is 7.82 Å². The van der Waals surface area contributed by atoms with Crippen molar-refractivity contribution in [2.45, 2.75) is 148 Å². The molecule has 0 aliphatic carbocycles. The first-order chi connectivity index (χ1) is 21.5. The van der Waals surface area contributed by atoms with Gasteiger partial charge in [0.25, 0.3) is 0 Å². The Morgan fingerprint density at radius 1 is 0.756 bits per heavy atom. The van der Waals surface area contributed by atoms with Crippen molar-refractivity contribution in [1.29, 1.82) is 0 Å². The van der Waals surface area contributed by atoms with Crippen LogP contribution in [0.25, 0.3) is 0 Å². The second-order valence-electron chi connectivity index (χ2n) is 13.2. The van der Waals surface area contributed by atoms with E-state index >= 15 is 0 Å². The summed E-state index contributed by atoms with van der Waals surface area (Å²) >= 11 is 0. The number of amides is 1. The number of allylic oxidation sites excluding steroid dienone is 5. The number of likely N-dealkylation sites (N-methyl/N-ethyl adjacent to an activating group) is 1. The number of nitrogens with one attached hydrogen (secondary N) is 1. The zero-order chi connectivity index (χ0) is 33.7. The van der Waals surface area contributed by atoms with E-state index in [9.17, 15) is 19.4 Å². The number of phosphoric acid groups is 1. The summed E-state index contributed by atoms with van der Waals surface area (Å²) in [7, 11) is 1.54. The van der Waals surface area contributed by atoms with E-state index in [4.69, 9.17) is 9.05 Å². The molecule has 0 fully saturated rings. The molecule has 1 amide bonds. The van der Waals surface area contributed by atoms with Gasteiger partial charge in [-0.3, -0.25) is 13.8 Å². The van der Waals surface area contributed by atoms with Crippen LogP contribution in [0.3, 0.4) is 0 Å². The van der Waals surface area contributed by atoms with Gasteiger partial charge < -0.3 is 19.8 Å². The van der Waals surface area contributed by atoms with E-state index in [-0.39, 0.29) is 19.1 Å². The fourth-order valence-corrected chi connectivity index (χ4v) is 5.46. The van der Waals surface area contributed by atoms with E-state index in [0.29, 0.717) is 17.4 Å². The molecular formula is C36H70N2O6P+. The Morgan fingerprint density at radius 3 is 1.76 bits per heavy atom. The van der Waals surface area contributed by atoms with Crippen LogP contribution in [0.1, 0.15) is 136 Å². The molecule has 0 rings (SSSR count). The van der Waals surface area contributed by atoms with Gasteiger partial charge in [0, 0.05) is 6.42 Å². The van der Waals surface area contributed by atoms with E-state index < -0.39 is 20.0 Å². The van der Waals surface area contributed by atoms with Gasteiger partial charge in [-0.1, -0.05) is 127 Å². The SMILES string of the molecule is CC/C=C/CC/C=C/CC/C=C/C(O)C(COP(=O)(O)OCC[N+](C)(C)C)NC(=O)CCCCCCCCCCCCCCC. The van der Waals surface area contributed by atoms with Gasteiger partial charge in [-0.15, -0.1) is 0 Å². The van der Waals surface area contributed by atoms with Crippen LogP contribution in [0.5, 0.6) is 0 Å². The summed E-state index contributed by atoms with van der Waals surface area (Å²) in [4.78, 5) is 22.9. The maximum Gasteiger partial charge on any atom is 0.472 e. The van der Waals surface area contributed by atoms with Gasteiger partial charge in [0.1, 0.15) is 13.2 Å². The van der Waals surface area contributed by atoms with E-state index in [1.807, 2.05) is 27.2 Å². The largest absolute Gasteiger partial charge is 0.472 e. The van der Waals surface area contributed by atoms with Crippen LogP contribution in [0, 0.1) is 0 Å². The highest BCUT2D eigenvalue weighted by atomic mass is 31.2. The molecule has 3 atom stereocenters. The van der Waals surface area contributed by atoms with Crippen LogP contribution in [0.4, 0.5) is 0 Å². The minimum absolute atomic E-state index is 0.0538. The summed E-state index contributed by atoms with van der Waals surface area (Å²) < 4.78 is 23.3. The number of aliphatic hydroxyl groups excluding tert-OH is 1. The lowest BCUT2D eigenvalue weighted by atomic mass is 10.0. The summed E-state index contributed by atoms with van der Waals surface area (Å²) in [5.41, 5.74) is 0. The highest BCUT2D eigenvalue weighted by Crippen LogP contribution is 2.43. The molecule has 0 saturated carbocycles. The van der Waals surface area contributed by atoms with Crippen molar-refractivity contribution >= 4 is 13.7 Å². The maximum absolute atomic E-state index is 12.7. The predicted molar refractivity (Wildman–Crippen MR) is 189 cm³/mol. The number of rotatable bonds is 31. The average Bonchev–Trinajstić information content (AvgIpc) is 2.97. The van der Waals surface area contributed by atoms with Gasteiger partial charge in [0.2, 0.25) is 5.91 Å². The molecule has 8 nitrogen and oxygen atoms in total. The maximum atomic E-state index is 12.7. The number of aliphatic hydroxyl groups is 1. The molecule has 45 heavy (non-hydrogen) atoms. The first-order valence-electron chi connectivity index (χ1n) is 17.9. The molecule has 0 aromatic rings. The zero-order valence-corrected chi connectivity index (χ0v) is 30.5. The van der Waals surface area contributed by atoms with Gasteiger partial charge in [-0.25, -0.2) is 4.57 Å². The Hall–Kier alpha value is -1.28. The summed E-state index contributed by atoms with van der Waals surface area (Å²) in [6.45, 7) is 4.63. The fraction of sp³-hybridized carbons (Fsp3) is 0.806. The van der Waals surface area contributed by atoms with E-state index in [1.54, 1.807) is 6.08 Å². The first-order valence-corrected chi connectivity index (χ1v) is 19.4. The molecule has 0 aliphatic rings. The molecule has 9 heteroatoms. The Morgan fingerprint density at radius 2 is 1.24 bits per heavy atom. The van der Waals surface area contributed by atoms with E-state index in [0.717, 1.165) is 51.4 Å². The number of carbonyl (C=O) groups excluding carboxylic acids is 1. The van der Waals surface area contributed by atoms with Crippen LogP contribution < -0.4 is 5.32 Å². The van der Waals surface area contributed by atoms with Crippen molar-refractivity contribution < 1.29 is 32.9 Å². The third-order valence-corrected chi connectivity index (χ3v) is 8.59. The second-order valence-corrected chi connectivity index (χ2v) is 14.7. The molecule has 0 aliphatic heterocycles. The van der Waals surface area contributed by atoms with Crippen LogP contribution in [0.15, 0.2) is 36.5 Å². The Labute approximate surface area is 276 Å².